The van der Waals surface area contributed by atoms with Gasteiger partial charge in [-0.2, -0.15) is 0 Å². The molecular weight excluding hydrogens is 355 g/mol. The van der Waals surface area contributed by atoms with Gasteiger partial charge in [0, 0.05) is 43.9 Å². The minimum atomic E-state index is -0.253. The molecule has 2 aromatic rings. The van der Waals surface area contributed by atoms with E-state index in [-0.39, 0.29) is 11.7 Å². The Bertz CT molecular complexity index is 860. The van der Waals surface area contributed by atoms with Crippen LogP contribution in [0.3, 0.4) is 0 Å². The molecule has 5 heteroatoms. The highest BCUT2D eigenvalue weighted by Crippen LogP contribution is 2.24. The van der Waals surface area contributed by atoms with Crippen molar-refractivity contribution in [1.82, 2.24) is 9.80 Å². The van der Waals surface area contributed by atoms with E-state index in [1.165, 1.54) is 36.1 Å². The van der Waals surface area contributed by atoms with Crippen molar-refractivity contribution in [2.45, 2.75) is 32.2 Å². The number of piperazine rings is 1. The van der Waals surface area contributed by atoms with E-state index in [9.17, 15) is 9.18 Å². The van der Waals surface area contributed by atoms with Crippen LogP contribution in [0, 0.1) is 5.82 Å². The minimum absolute atomic E-state index is 0.122. The second-order valence-electron chi connectivity index (χ2n) is 7.72. The van der Waals surface area contributed by atoms with Gasteiger partial charge in [0.1, 0.15) is 11.6 Å². The molecule has 0 radical (unpaired) electrons. The molecule has 0 bridgehead atoms. The van der Waals surface area contributed by atoms with Gasteiger partial charge in [0.05, 0.1) is 7.11 Å². The second kappa shape index (κ2) is 8.31. The lowest BCUT2D eigenvalue weighted by Crippen LogP contribution is -2.48. The van der Waals surface area contributed by atoms with E-state index < -0.39 is 0 Å². The number of amides is 1. The first kappa shape index (κ1) is 18.9. The van der Waals surface area contributed by atoms with E-state index in [2.05, 4.69) is 17.0 Å². The number of halogens is 1. The summed E-state index contributed by atoms with van der Waals surface area (Å²) in [4.78, 5) is 17.1. The zero-order valence-corrected chi connectivity index (χ0v) is 16.4. The summed E-state index contributed by atoms with van der Waals surface area (Å²) in [6.07, 6.45) is 4.68. The number of carbonyl (C=O) groups is 1. The second-order valence-corrected chi connectivity index (χ2v) is 7.72. The highest BCUT2D eigenvalue weighted by atomic mass is 19.1. The maximum absolute atomic E-state index is 13.6. The Hall–Kier alpha value is -2.40. The minimum Gasteiger partial charge on any atom is -0.496 e. The van der Waals surface area contributed by atoms with Crippen molar-refractivity contribution in [2.24, 2.45) is 0 Å². The van der Waals surface area contributed by atoms with Crippen molar-refractivity contribution < 1.29 is 13.9 Å². The predicted octanol–water partition coefficient (Wildman–Crippen LogP) is 3.67. The van der Waals surface area contributed by atoms with Gasteiger partial charge in [-0.25, -0.2) is 4.39 Å². The molecule has 4 nitrogen and oxygen atoms in total. The number of hydrogen-bond acceptors (Lipinski definition) is 3. The monoisotopic (exact) mass is 382 g/mol. The molecule has 0 saturated carbocycles. The summed E-state index contributed by atoms with van der Waals surface area (Å²) in [5.41, 5.74) is 4.39. The fourth-order valence-corrected chi connectivity index (χ4v) is 4.27. The summed E-state index contributed by atoms with van der Waals surface area (Å²) >= 11 is 0. The molecule has 0 spiro atoms. The number of hydrogen-bond donors (Lipinski definition) is 0. The number of rotatable bonds is 4. The van der Waals surface area contributed by atoms with Crippen molar-refractivity contribution in [1.29, 1.82) is 0 Å². The van der Waals surface area contributed by atoms with Gasteiger partial charge in [-0.3, -0.25) is 9.69 Å². The van der Waals surface area contributed by atoms with Crippen LogP contribution in [0.2, 0.25) is 0 Å². The Kier molecular flexibility index (Phi) is 5.62. The zero-order valence-electron chi connectivity index (χ0n) is 16.4. The molecule has 2 aromatic carbocycles. The SMILES string of the molecule is COc1ccc(F)cc1CN1CCN(C(=O)c2ccc3c(c2)CCCC3)CC1. The number of methoxy groups -OCH3 is 1. The lowest BCUT2D eigenvalue weighted by molar-refractivity contribution is 0.0627. The van der Waals surface area contributed by atoms with E-state index in [0.29, 0.717) is 25.4 Å². The van der Waals surface area contributed by atoms with E-state index in [0.717, 1.165) is 37.1 Å². The van der Waals surface area contributed by atoms with Crippen LogP contribution in [-0.2, 0) is 19.4 Å². The van der Waals surface area contributed by atoms with Crippen molar-refractivity contribution in [3.8, 4) is 5.75 Å². The first-order valence-electron chi connectivity index (χ1n) is 10.1. The van der Waals surface area contributed by atoms with Crippen molar-refractivity contribution >= 4 is 5.91 Å². The van der Waals surface area contributed by atoms with Gasteiger partial charge in [-0.15, -0.1) is 0 Å². The smallest absolute Gasteiger partial charge is 0.253 e. The molecule has 28 heavy (non-hydrogen) atoms. The van der Waals surface area contributed by atoms with Gasteiger partial charge >= 0.3 is 0 Å². The Balaban J connectivity index is 1.38. The lowest BCUT2D eigenvalue weighted by atomic mass is 9.90. The van der Waals surface area contributed by atoms with E-state index in [1.807, 2.05) is 11.0 Å². The number of fused-ring (bicyclic) bond motifs is 1. The third-order valence-corrected chi connectivity index (χ3v) is 5.89. The van der Waals surface area contributed by atoms with Crippen molar-refractivity contribution in [3.63, 3.8) is 0 Å². The molecular formula is C23H27FN2O2. The summed E-state index contributed by atoms with van der Waals surface area (Å²) in [6, 6.07) is 10.8. The molecule has 0 aromatic heterocycles. The molecule has 1 aliphatic carbocycles. The van der Waals surface area contributed by atoms with Gasteiger partial charge in [-0.05, 0) is 67.1 Å². The van der Waals surface area contributed by atoms with Crippen LogP contribution < -0.4 is 4.74 Å². The molecule has 0 atom stereocenters. The number of aryl methyl sites for hydroxylation is 2. The third kappa shape index (κ3) is 4.04. The molecule has 2 aliphatic rings. The van der Waals surface area contributed by atoms with Gasteiger partial charge in [0.25, 0.3) is 5.91 Å². The molecule has 1 saturated heterocycles. The molecule has 1 amide bonds. The Morgan fingerprint density at radius 2 is 1.75 bits per heavy atom. The summed E-state index contributed by atoms with van der Waals surface area (Å²) < 4.78 is 18.9. The first-order chi connectivity index (χ1) is 13.6. The number of benzene rings is 2. The fourth-order valence-electron chi connectivity index (χ4n) is 4.27. The molecule has 4 rings (SSSR count). The Morgan fingerprint density at radius 3 is 2.50 bits per heavy atom. The van der Waals surface area contributed by atoms with Crippen LogP contribution in [0.1, 0.15) is 39.9 Å². The summed E-state index contributed by atoms with van der Waals surface area (Å²) in [5, 5.41) is 0. The van der Waals surface area contributed by atoms with Gasteiger partial charge in [0.2, 0.25) is 0 Å². The molecule has 1 heterocycles. The summed E-state index contributed by atoms with van der Waals surface area (Å²) in [7, 11) is 1.60. The first-order valence-corrected chi connectivity index (χ1v) is 10.1. The van der Waals surface area contributed by atoms with Crippen molar-refractivity contribution in [2.75, 3.05) is 33.3 Å². The maximum Gasteiger partial charge on any atom is 0.253 e. The average molecular weight is 382 g/mol. The van der Waals surface area contributed by atoms with Gasteiger partial charge < -0.3 is 9.64 Å². The molecule has 0 unspecified atom stereocenters. The zero-order chi connectivity index (χ0) is 19.5. The summed E-state index contributed by atoms with van der Waals surface area (Å²) in [5.74, 6) is 0.572. The summed E-state index contributed by atoms with van der Waals surface area (Å²) in [6.45, 7) is 3.55. The van der Waals surface area contributed by atoms with Crippen LogP contribution in [0.4, 0.5) is 4.39 Å². The number of nitrogens with zero attached hydrogens (tertiary/aromatic N) is 2. The van der Waals surface area contributed by atoms with E-state index in [1.54, 1.807) is 13.2 Å². The fraction of sp³-hybridized carbons (Fsp3) is 0.435. The van der Waals surface area contributed by atoms with Gasteiger partial charge in [0.15, 0.2) is 0 Å². The normalized spacial score (nSPS) is 17.3. The maximum atomic E-state index is 13.6. The predicted molar refractivity (Wildman–Crippen MR) is 107 cm³/mol. The lowest BCUT2D eigenvalue weighted by Gasteiger charge is -2.35. The van der Waals surface area contributed by atoms with E-state index >= 15 is 0 Å². The number of ether oxygens (including phenoxy) is 1. The topological polar surface area (TPSA) is 32.8 Å². The Morgan fingerprint density at radius 1 is 1.00 bits per heavy atom. The standard InChI is InChI=1S/C23H27FN2O2/c1-28-22-9-8-21(24)15-20(22)16-25-10-12-26(13-11-25)23(27)19-7-6-17-4-2-3-5-18(17)14-19/h6-9,14-15H,2-5,10-13,16H2,1H3. The van der Waals surface area contributed by atoms with E-state index in [4.69, 9.17) is 4.74 Å². The van der Waals surface area contributed by atoms with Crippen LogP contribution in [0.25, 0.3) is 0 Å². The van der Waals surface area contributed by atoms with Gasteiger partial charge in [-0.1, -0.05) is 6.07 Å². The molecule has 1 aliphatic heterocycles. The van der Waals surface area contributed by atoms with Crippen LogP contribution in [0.5, 0.6) is 5.75 Å². The Labute approximate surface area is 165 Å². The number of carbonyl (C=O) groups excluding carboxylic acids is 1. The highest BCUT2D eigenvalue weighted by Gasteiger charge is 2.23. The quantitative estimate of drug-likeness (QED) is 0.809. The largest absolute Gasteiger partial charge is 0.496 e. The van der Waals surface area contributed by atoms with Crippen molar-refractivity contribution in [3.05, 3.63) is 64.5 Å². The average Bonchev–Trinajstić information content (AvgIpc) is 2.73. The molecule has 1 fully saturated rings. The third-order valence-electron chi connectivity index (χ3n) is 5.89. The van der Waals surface area contributed by atoms with Crippen LogP contribution >= 0.6 is 0 Å². The molecule has 148 valence electrons. The highest BCUT2D eigenvalue weighted by molar-refractivity contribution is 5.94. The molecule has 0 N–H and O–H groups in total. The van der Waals surface area contributed by atoms with Crippen LogP contribution in [-0.4, -0.2) is 49.0 Å². The van der Waals surface area contributed by atoms with Crippen LogP contribution in [0.15, 0.2) is 36.4 Å².